The molecule has 2 fully saturated rings. The number of aryl methyl sites for hydroxylation is 1. The van der Waals surface area contributed by atoms with Crippen LogP contribution >= 0.6 is 0 Å². The number of allylic oxidation sites excluding steroid dienone is 3. The summed E-state index contributed by atoms with van der Waals surface area (Å²) in [4.78, 5) is 4.01. The van der Waals surface area contributed by atoms with E-state index in [-0.39, 0.29) is 28.8 Å². The summed E-state index contributed by atoms with van der Waals surface area (Å²) in [6.07, 6.45) is 9.26. The zero-order chi connectivity index (χ0) is 25.5. The van der Waals surface area contributed by atoms with Gasteiger partial charge in [0.15, 0.2) is 0 Å². The Balaban J connectivity index is 1.49. The Labute approximate surface area is 209 Å². The van der Waals surface area contributed by atoms with Crippen LogP contribution in [0.1, 0.15) is 43.6 Å². The second kappa shape index (κ2) is 9.49. The Morgan fingerprint density at radius 1 is 1.25 bits per heavy atom. The lowest BCUT2D eigenvalue weighted by Crippen LogP contribution is -2.43. The van der Waals surface area contributed by atoms with Crippen LogP contribution in [0.25, 0.3) is 5.57 Å². The topological polar surface area (TPSA) is 83.6 Å². The Morgan fingerprint density at radius 2 is 2.03 bits per heavy atom. The summed E-state index contributed by atoms with van der Waals surface area (Å²) in [7, 11) is -4.01. The van der Waals surface area contributed by atoms with Crippen molar-refractivity contribution in [1.82, 2.24) is 9.29 Å². The van der Waals surface area contributed by atoms with Gasteiger partial charge in [0.25, 0.3) is 0 Å². The van der Waals surface area contributed by atoms with Crippen molar-refractivity contribution in [2.75, 3.05) is 6.54 Å². The van der Waals surface area contributed by atoms with Gasteiger partial charge in [-0.1, -0.05) is 36.5 Å². The summed E-state index contributed by atoms with van der Waals surface area (Å²) in [6.45, 7) is 1.65. The van der Waals surface area contributed by atoms with Crippen LogP contribution < -0.4 is 0 Å². The lowest BCUT2D eigenvalue weighted by Gasteiger charge is -2.34. The minimum absolute atomic E-state index is 0.0252. The number of alkyl halides is 1. The van der Waals surface area contributed by atoms with Crippen LogP contribution in [-0.4, -0.2) is 41.6 Å². The van der Waals surface area contributed by atoms with Crippen LogP contribution in [0.15, 0.2) is 64.0 Å². The summed E-state index contributed by atoms with van der Waals surface area (Å²) < 4.78 is 64.6. The zero-order valence-corrected chi connectivity index (χ0v) is 20.7. The van der Waals surface area contributed by atoms with Crippen molar-refractivity contribution in [3.63, 3.8) is 0 Å². The summed E-state index contributed by atoms with van der Waals surface area (Å²) in [6, 6.07) is 6.12. The molecule has 3 aliphatic carbocycles. The van der Waals surface area contributed by atoms with Crippen molar-refractivity contribution in [2.24, 2.45) is 17.3 Å². The van der Waals surface area contributed by atoms with Crippen LogP contribution in [0.3, 0.4) is 0 Å². The van der Waals surface area contributed by atoms with Crippen molar-refractivity contribution >= 4 is 15.6 Å². The van der Waals surface area contributed by atoms with Crippen molar-refractivity contribution < 1.29 is 26.7 Å². The predicted molar refractivity (Wildman–Crippen MR) is 130 cm³/mol. The highest BCUT2D eigenvalue weighted by atomic mass is 32.2. The maximum atomic E-state index is 15.3. The molecule has 6 nitrogen and oxygen atoms in total. The summed E-state index contributed by atoms with van der Waals surface area (Å²) in [5.41, 5.74) is 0.442. The third kappa shape index (κ3) is 4.37. The molecule has 0 aliphatic heterocycles. The van der Waals surface area contributed by atoms with E-state index in [2.05, 4.69) is 10.9 Å². The second-order valence-electron chi connectivity index (χ2n) is 9.94. The van der Waals surface area contributed by atoms with Gasteiger partial charge in [-0.15, -0.1) is 0 Å². The third-order valence-corrected chi connectivity index (χ3v) is 9.66. The number of rotatable bonds is 6. The molecule has 36 heavy (non-hydrogen) atoms. The largest absolute Gasteiger partial charge is 0.462 e. The molecule has 1 heterocycles. The first-order valence-corrected chi connectivity index (χ1v) is 13.6. The first-order valence-electron chi connectivity index (χ1n) is 12.1. The molecule has 0 radical (unpaired) electrons. The number of aliphatic hydroxyl groups is 1. The molecule has 0 saturated heterocycles. The Kier molecular flexibility index (Phi) is 6.52. The van der Waals surface area contributed by atoms with Crippen LogP contribution in [0.5, 0.6) is 0 Å². The van der Waals surface area contributed by atoms with Crippen LogP contribution in [0.4, 0.5) is 8.78 Å². The highest BCUT2D eigenvalue weighted by Crippen LogP contribution is 2.62. The summed E-state index contributed by atoms with van der Waals surface area (Å²) >= 11 is 0. The molecule has 2 aromatic rings. The highest BCUT2D eigenvalue weighted by Gasteiger charge is 2.63. The van der Waals surface area contributed by atoms with Gasteiger partial charge in [0, 0.05) is 29.8 Å². The average Bonchev–Trinajstić information content (AvgIpc) is 3.27. The van der Waals surface area contributed by atoms with E-state index >= 15 is 4.39 Å². The van der Waals surface area contributed by atoms with Crippen molar-refractivity contribution in [3.8, 4) is 12.0 Å². The first-order chi connectivity index (χ1) is 17.3. The van der Waals surface area contributed by atoms with E-state index in [1.165, 1.54) is 16.8 Å². The van der Waals surface area contributed by atoms with Crippen LogP contribution in [0.2, 0.25) is 0 Å². The third-order valence-electron chi connectivity index (χ3n) is 7.78. The SMILES string of the molecule is Cc1ccc(S(=O)(=O)N(CC2C=C(F)C(c3ncco3)=CC2F)C2C[C@]23CCCCC3C#CO)cc1. The van der Waals surface area contributed by atoms with Gasteiger partial charge < -0.3 is 9.52 Å². The van der Waals surface area contributed by atoms with Crippen molar-refractivity contribution in [3.05, 3.63) is 66.2 Å². The van der Waals surface area contributed by atoms with Gasteiger partial charge in [0.2, 0.25) is 15.9 Å². The fraction of sp³-hybridized carbons (Fsp3) is 0.444. The average molecular weight is 515 g/mol. The lowest BCUT2D eigenvalue weighted by molar-refractivity contribution is 0.200. The molecule has 0 amide bonds. The molecule has 9 heteroatoms. The molecular formula is C27H28F2N2O4S. The van der Waals surface area contributed by atoms with Gasteiger partial charge in [0.1, 0.15) is 24.4 Å². The summed E-state index contributed by atoms with van der Waals surface area (Å²) in [5, 5.41) is 9.28. The van der Waals surface area contributed by atoms with E-state index in [1.807, 2.05) is 13.0 Å². The van der Waals surface area contributed by atoms with E-state index in [4.69, 9.17) is 4.42 Å². The molecule has 2 saturated carbocycles. The number of hydrogen-bond donors (Lipinski definition) is 1. The van der Waals surface area contributed by atoms with Crippen molar-refractivity contribution in [1.29, 1.82) is 0 Å². The standard InChI is InChI=1S/C27H28F2N2O4S/c1-18-5-7-21(8-6-18)36(33,34)31(25-16-27(25)10-3-2-4-20(27)9-12-32)17-19-14-24(29)22(15-23(19)28)26-30-11-13-35-26/h5-8,11,13-15,19-20,23,25,32H,2-4,10,16-17H2,1H3/t19?,20?,23?,25?,27-/m0/s1. The Hall–Kier alpha value is -2.96. The highest BCUT2D eigenvalue weighted by molar-refractivity contribution is 7.89. The van der Waals surface area contributed by atoms with Gasteiger partial charge in [-0.05, 0) is 50.5 Å². The maximum absolute atomic E-state index is 15.3. The van der Waals surface area contributed by atoms with Gasteiger partial charge in [-0.3, -0.25) is 0 Å². The maximum Gasteiger partial charge on any atom is 0.243 e. The van der Waals surface area contributed by atoms with E-state index in [1.54, 1.807) is 24.3 Å². The molecule has 5 rings (SSSR count). The Bertz CT molecular complexity index is 1340. The quantitative estimate of drug-likeness (QED) is 0.539. The van der Waals surface area contributed by atoms with Crippen molar-refractivity contribution in [2.45, 2.75) is 56.1 Å². The molecule has 1 aromatic heterocycles. The minimum Gasteiger partial charge on any atom is -0.462 e. The number of nitrogens with zero attached hydrogens (tertiary/aromatic N) is 2. The van der Waals surface area contributed by atoms with Gasteiger partial charge in [-0.2, -0.15) is 4.31 Å². The molecule has 190 valence electrons. The van der Waals surface area contributed by atoms with Crippen LogP contribution in [0, 0.1) is 36.2 Å². The second-order valence-corrected chi connectivity index (χ2v) is 11.8. The molecule has 4 unspecified atom stereocenters. The number of hydrogen-bond acceptors (Lipinski definition) is 5. The van der Waals surface area contributed by atoms with Gasteiger partial charge in [0.05, 0.1) is 16.7 Å². The van der Waals surface area contributed by atoms with E-state index in [9.17, 15) is 17.9 Å². The number of benzene rings is 1. The fourth-order valence-electron chi connectivity index (χ4n) is 5.75. The molecule has 3 aliphatic rings. The monoisotopic (exact) mass is 514 g/mol. The van der Waals surface area contributed by atoms with Gasteiger partial charge in [-0.25, -0.2) is 22.2 Å². The molecule has 1 spiro atoms. The molecule has 0 bridgehead atoms. The number of sulfonamides is 1. The van der Waals surface area contributed by atoms with Gasteiger partial charge >= 0.3 is 0 Å². The number of halogens is 2. The summed E-state index contributed by atoms with van der Waals surface area (Å²) in [5.74, 6) is 0.984. The predicted octanol–water partition coefficient (Wildman–Crippen LogP) is 5.16. The minimum atomic E-state index is -4.01. The fourth-order valence-corrected chi connectivity index (χ4v) is 7.49. The Morgan fingerprint density at radius 3 is 2.72 bits per heavy atom. The van der Waals surface area contributed by atoms with E-state index < -0.39 is 39.4 Å². The van der Waals surface area contributed by atoms with E-state index in [0.717, 1.165) is 43.4 Å². The normalized spacial score (nSPS) is 29.9. The molecule has 1 N–H and O–H groups in total. The first kappa shape index (κ1) is 24.7. The molecule has 1 aromatic carbocycles. The zero-order valence-electron chi connectivity index (χ0n) is 19.9. The number of aliphatic hydroxyl groups excluding tert-OH is 1. The smallest absolute Gasteiger partial charge is 0.243 e. The molecule has 5 atom stereocenters. The number of oxazole rings is 1. The van der Waals surface area contributed by atoms with Crippen LogP contribution in [-0.2, 0) is 10.0 Å². The lowest BCUT2D eigenvalue weighted by atomic mass is 9.76. The van der Waals surface area contributed by atoms with E-state index in [0.29, 0.717) is 6.42 Å². The number of aromatic nitrogens is 1. The molecular weight excluding hydrogens is 486 g/mol.